The lowest BCUT2D eigenvalue weighted by molar-refractivity contribution is -0.131. The lowest BCUT2D eigenvalue weighted by Gasteiger charge is -2.24. The molecule has 0 heterocycles. The minimum atomic E-state index is -0.157. The maximum Gasteiger partial charge on any atom is 0.141 e. The smallest absolute Gasteiger partial charge is 0.141 e. The van der Waals surface area contributed by atoms with Gasteiger partial charge in [0.05, 0.1) is 0 Å². The Hall–Kier alpha value is -0.590. The zero-order chi connectivity index (χ0) is 10.3. The van der Waals surface area contributed by atoms with Gasteiger partial charge in [0.2, 0.25) is 0 Å². The summed E-state index contributed by atoms with van der Waals surface area (Å²) in [7, 11) is 0. The Kier molecular flexibility index (Phi) is 2.29. The van der Waals surface area contributed by atoms with Crippen LogP contribution in [0.25, 0.3) is 0 Å². The van der Waals surface area contributed by atoms with Crippen LogP contribution < -0.4 is 0 Å². The molecule has 0 aromatic rings. The lowest BCUT2D eigenvalue weighted by atomic mass is 9.78. The van der Waals surface area contributed by atoms with Crippen molar-refractivity contribution in [2.24, 2.45) is 23.2 Å². The first-order chi connectivity index (χ1) is 6.50. The summed E-state index contributed by atoms with van der Waals surface area (Å²) >= 11 is 0. The molecule has 3 unspecified atom stereocenters. The fourth-order valence-electron chi connectivity index (χ4n) is 2.95. The Labute approximate surface area is 86.6 Å². The van der Waals surface area contributed by atoms with E-state index in [-0.39, 0.29) is 5.41 Å². The number of carbonyl (C=O) groups is 1. The van der Waals surface area contributed by atoms with Gasteiger partial charge in [-0.2, -0.15) is 0 Å². The van der Waals surface area contributed by atoms with E-state index in [9.17, 15) is 4.79 Å². The number of rotatable bonds is 1. The van der Waals surface area contributed by atoms with Gasteiger partial charge >= 0.3 is 0 Å². The van der Waals surface area contributed by atoms with Crippen LogP contribution in [-0.4, -0.2) is 5.78 Å². The van der Waals surface area contributed by atoms with Crippen LogP contribution in [0.1, 0.15) is 40.0 Å². The van der Waals surface area contributed by atoms with Crippen LogP contribution in [0.2, 0.25) is 0 Å². The summed E-state index contributed by atoms with van der Waals surface area (Å²) in [6.07, 6.45) is 8.13. The highest BCUT2D eigenvalue weighted by molar-refractivity contribution is 5.86. The highest BCUT2D eigenvalue weighted by Gasteiger charge is 2.42. The largest absolute Gasteiger partial charge is 0.299 e. The molecule has 1 heteroatoms. The first kappa shape index (κ1) is 9.95. The molecule has 0 aliphatic heterocycles. The average Bonchev–Trinajstić information content (AvgIpc) is 2.59. The molecule has 0 spiro atoms. The van der Waals surface area contributed by atoms with Crippen molar-refractivity contribution >= 4 is 5.78 Å². The van der Waals surface area contributed by atoms with Crippen LogP contribution in [0.5, 0.6) is 0 Å². The molecule has 0 amide bonds. The summed E-state index contributed by atoms with van der Waals surface area (Å²) < 4.78 is 0. The van der Waals surface area contributed by atoms with Crippen molar-refractivity contribution in [2.45, 2.75) is 40.0 Å². The number of allylic oxidation sites excluding steroid dienone is 2. The molecule has 2 aliphatic rings. The van der Waals surface area contributed by atoms with E-state index in [0.717, 1.165) is 12.3 Å². The molecule has 2 aliphatic carbocycles. The van der Waals surface area contributed by atoms with E-state index in [0.29, 0.717) is 17.6 Å². The summed E-state index contributed by atoms with van der Waals surface area (Å²) in [5, 5.41) is 0. The van der Waals surface area contributed by atoms with Crippen molar-refractivity contribution in [3.8, 4) is 0 Å². The molecule has 0 saturated heterocycles. The Bertz CT molecular complexity index is 269. The predicted octanol–water partition coefficient (Wildman–Crippen LogP) is 3.20. The molecule has 0 N–H and O–H groups in total. The van der Waals surface area contributed by atoms with Gasteiger partial charge in [-0.15, -0.1) is 0 Å². The zero-order valence-corrected chi connectivity index (χ0v) is 9.42. The van der Waals surface area contributed by atoms with E-state index < -0.39 is 0 Å². The van der Waals surface area contributed by atoms with E-state index in [1.807, 2.05) is 20.8 Å². The normalized spacial score (nSPS) is 36.1. The molecular weight excluding hydrogens is 172 g/mol. The van der Waals surface area contributed by atoms with Gasteiger partial charge in [-0.05, 0) is 31.1 Å². The predicted molar refractivity (Wildman–Crippen MR) is 57.9 cm³/mol. The van der Waals surface area contributed by atoms with Crippen molar-refractivity contribution in [1.29, 1.82) is 0 Å². The number of hydrogen-bond acceptors (Lipinski definition) is 1. The molecule has 1 fully saturated rings. The Morgan fingerprint density at radius 3 is 2.64 bits per heavy atom. The lowest BCUT2D eigenvalue weighted by Crippen LogP contribution is -2.30. The fourth-order valence-corrected chi connectivity index (χ4v) is 2.95. The fraction of sp³-hybridized carbons (Fsp3) is 0.769. The average molecular weight is 192 g/mol. The Morgan fingerprint density at radius 1 is 1.29 bits per heavy atom. The van der Waals surface area contributed by atoms with Crippen molar-refractivity contribution in [2.75, 3.05) is 0 Å². The number of hydrogen-bond donors (Lipinski definition) is 0. The Morgan fingerprint density at radius 2 is 2.00 bits per heavy atom. The second-order valence-corrected chi connectivity index (χ2v) is 5.80. The molecule has 0 radical (unpaired) electrons. The first-order valence-corrected chi connectivity index (χ1v) is 5.71. The summed E-state index contributed by atoms with van der Waals surface area (Å²) in [5.74, 6) is 2.14. The van der Waals surface area contributed by atoms with Crippen LogP contribution in [0.15, 0.2) is 12.2 Å². The molecule has 0 aromatic heterocycles. The van der Waals surface area contributed by atoms with Gasteiger partial charge < -0.3 is 0 Å². The molecule has 1 nitrogen and oxygen atoms in total. The molecule has 0 aromatic carbocycles. The molecule has 1 saturated carbocycles. The second-order valence-electron chi connectivity index (χ2n) is 5.80. The van der Waals surface area contributed by atoms with Gasteiger partial charge in [-0.3, -0.25) is 4.79 Å². The highest BCUT2D eigenvalue weighted by Crippen LogP contribution is 2.46. The third-order valence-electron chi connectivity index (χ3n) is 3.73. The van der Waals surface area contributed by atoms with Crippen molar-refractivity contribution < 1.29 is 4.79 Å². The number of carbonyl (C=O) groups excluding carboxylic acids is 1. The van der Waals surface area contributed by atoms with E-state index in [1.54, 1.807) is 0 Å². The van der Waals surface area contributed by atoms with Crippen molar-refractivity contribution in [1.82, 2.24) is 0 Å². The highest BCUT2D eigenvalue weighted by atomic mass is 16.1. The topological polar surface area (TPSA) is 17.1 Å². The van der Waals surface area contributed by atoms with Crippen molar-refractivity contribution in [3.63, 3.8) is 0 Å². The quantitative estimate of drug-likeness (QED) is 0.583. The van der Waals surface area contributed by atoms with E-state index in [1.165, 1.54) is 12.8 Å². The number of ketones is 1. The van der Waals surface area contributed by atoms with Crippen molar-refractivity contribution in [3.05, 3.63) is 12.2 Å². The standard InChI is InChI=1S/C13H20O/c1-13(2,3)12(14)11-8-7-9-5-4-6-10(9)11/h4,6,9-11H,5,7-8H2,1-3H3. The SMILES string of the molecule is CC(C)(C)C(=O)C1CCC2CC=CC21. The van der Waals surface area contributed by atoms with Crippen LogP contribution in [0.4, 0.5) is 0 Å². The Balaban J connectivity index is 2.13. The second kappa shape index (κ2) is 3.22. The first-order valence-electron chi connectivity index (χ1n) is 5.71. The summed E-state index contributed by atoms with van der Waals surface area (Å²) in [6, 6.07) is 0. The monoisotopic (exact) mass is 192 g/mol. The van der Waals surface area contributed by atoms with Gasteiger partial charge in [0.1, 0.15) is 5.78 Å². The molecular formula is C13H20O. The van der Waals surface area contributed by atoms with E-state index >= 15 is 0 Å². The number of fused-ring (bicyclic) bond motifs is 1. The maximum absolute atomic E-state index is 12.2. The third-order valence-corrected chi connectivity index (χ3v) is 3.73. The minimum Gasteiger partial charge on any atom is -0.299 e. The molecule has 3 atom stereocenters. The van der Waals surface area contributed by atoms with E-state index in [2.05, 4.69) is 12.2 Å². The van der Waals surface area contributed by atoms with Gasteiger partial charge in [0, 0.05) is 11.3 Å². The minimum absolute atomic E-state index is 0.157. The molecule has 2 rings (SSSR count). The van der Waals surface area contributed by atoms with Crippen LogP contribution in [-0.2, 0) is 4.79 Å². The third kappa shape index (κ3) is 1.53. The van der Waals surface area contributed by atoms with E-state index in [4.69, 9.17) is 0 Å². The zero-order valence-electron chi connectivity index (χ0n) is 9.42. The summed E-state index contributed by atoms with van der Waals surface area (Å²) in [4.78, 5) is 12.2. The van der Waals surface area contributed by atoms with Crippen LogP contribution >= 0.6 is 0 Å². The summed E-state index contributed by atoms with van der Waals surface area (Å²) in [6.45, 7) is 6.13. The molecule has 78 valence electrons. The van der Waals surface area contributed by atoms with Crippen LogP contribution in [0, 0.1) is 23.2 Å². The van der Waals surface area contributed by atoms with Gasteiger partial charge in [-0.25, -0.2) is 0 Å². The molecule has 14 heavy (non-hydrogen) atoms. The van der Waals surface area contributed by atoms with Crippen LogP contribution in [0.3, 0.4) is 0 Å². The number of Topliss-reactive ketones (excluding diaryl/α,β-unsaturated/α-hetero) is 1. The van der Waals surface area contributed by atoms with Gasteiger partial charge in [0.25, 0.3) is 0 Å². The molecule has 0 bridgehead atoms. The summed E-state index contributed by atoms with van der Waals surface area (Å²) in [5.41, 5.74) is -0.157. The van der Waals surface area contributed by atoms with Gasteiger partial charge in [0.15, 0.2) is 0 Å². The maximum atomic E-state index is 12.2. The van der Waals surface area contributed by atoms with Gasteiger partial charge in [-0.1, -0.05) is 32.9 Å².